The van der Waals surface area contributed by atoms with Crippen molar-refractivity contribution in [3.63, 3.8) is 0 Å². The lowest BCUT2D eigenvalue weighted by Gasteiger charge is -2.22. The first-order valence-electron chi connectivity index (χ1n) is 6.05. The van der Waals surface area contributed by atoms with E-state index in [1.807, 2.05) is 0 Å². The van der Waals surface area contributed by atoms with E-state index in [2.05, 4.69) is 5.32 Å². The Hall–Kier alpha value is -2.23. The van der Waals surface area contributed by atoms with Gasteiger partial charge in [0.1, 0.15) is 0 Å². The molecule has 0 bridgehead atoms. The molecule has 106 valence electrons. The number of hydrogen-bond acceptors (Lipinski definition) is 3. The Kier molecular flexibility index (Phi) is 3.84. The van der Waals surface area contributed by atoms with Crippen LogP contribution in [0.25, 0.3) is 0 Å². The second kappa shape index (κ2) is 5.41. The highest BCUT2D eigenvalue weighted by atomic mass is 19.4. The van der Waals surface area contributed by atoms with Gasteiger partial charge in [-0.2, -0.15) is 18.4 Å². The summed E-state index contributed by atoms with van der Waals surface area (Å²) in [5.41, 5.74) is -0.936. The fraction of sp³-hybridized carbons (Fsp3) is 0.385. The zero-order valence-corrected chi connectivity index (χ0v) is 10.5. The van der Waals surface area contributed by atoms with Crippen LogP contribution in [0.5, 0.6) is 0 Å². The number of nitrogens with zero attached hydrogens (tertiary/aromatic N) is 2. The number of carbonyl (C=O) groups excluding carboxylic acids is 1. The number of hydrogen-bond donors (Lipinski definition) is 1. The van der Waals surface area contributed by atoms with Crippen molar-refractivity contribution < 1.29 is 18.0 Å². The second-order valence-corrected chi connectivity index (χ2v) is 4.46. The maximum absolute atomic E-state index is 12.7. The van der Waals surface area contributed by atoms with E-state index in [-0.39, 0.29) is 12.5 Å². The van der Waals surface area contributed by atoms with Crippen LogP contribution in [0.4, 0.5) is 18.9 Å². The van der Waals surface area contributed by atoms with E-state index in [0.717, 1.165) is 6.07 Å². The van der Waals surface area contributed by atoms with Crippen LogP contribution in [0, 0.1) is 11.3 Å². The zero-order valence-electron chi connectivity index (χ0n) is 10.5. The minimum atomic E-state index is -4.56. The summed E-state index contributed by atoms with van der Waals surface area (Å²) < 4.78 is 38.1. The minimum Gasteiger partial charge on any atom is -0.362 e. The van der Waals surface area contributed by atoms with Crippen molar-refractivity contribution in [1.82, 2.24) is 5.32 Å². The summed E-state index contributed by atoms with van der Waals surface area (Å²) in [7, 11) is 0. The molecule has 1 fully saturated rings. The third-order valence-electron chi connectivity index (χ3n) is 3.06. The highest BCUT2D eigenvalue weighted by Gasteiger charge is 2.33. The molecule has 0 radical (unpaired) electrons. The molecule has 0 saturated carbocycles. The molecule has 0 aliphatic carbocycles. The molecule has 0 aromatic heterocycles. The molecule has 1 amide bonds. The number of nitrogens with one attached hydrogen (secondary N) is 1. The topological polar surface area (TPSA) is 56.1 Å². The average molecular weight is 283 g/mol. The van der Waals surface area contributed by atoms with E-state index in [4.69, 9.17) is 5.26 Å². The fourth-order valence-electron chi connectivity index (χ4n) is 2.10. The lowest BCUT2D eigenvalue weighted by molar-refractivity contribution is -0.137. The number of benzene rings is 1. The van der Waals surface area contributed by atoms with Gasteiger partial charge in [-0.3, -0.25) is 4.79 Å². The van der Waals surface area contributed by atoms with Gasteiger partial charge < -0.3 is 10.2 Å². The number of anilines is 1. The second-order valence-electron chi connectivity index (χ2n) is 4.46. The van der Waals surface area contributed by atoms with E-state index in [9.17, 15) is 18.0 Å². The van der Waals surface area contributed by atoms with Crippen LogP contribution in [0.2, 0.25) is 0 Å². The molecule has 1 N–H and O–H groups in total. The van der Waals surface area contributed by atoms with Crippen molar-refractivity contribution in [2.24, 2.45) is 0 Å². The molecular weight excluding hydrogens is 271 g/mol. The number of alkyl halides is 3. The van der Waals surface area contributed by atoms with E-state index >= 15 is 0 Å². The van der Waals surface area contributed by atoms with Crippen molar-refractivity contribution in [3.8, 4) is 6.07 Å². The Labute approximate surface area is 113 Å². The highest BCUT2D eigenvalue weighted by Crippen LogP contribution is 2.33. The molecule has 1 heterocycles. The monoisotopic (exact) mass is 283 g/mol. The SMILES string of the molecule is N#Cc1cc(N2CCCNC(=O)C2)ccc1C(F)(F)F. The molecule has 4 nitrogen and oxygen atoms in total. The Balaban J connectivity index is 2.34. The maximum Gasteiger partial charge on any atom is 0.417 e. The van der Waals surface area contributed by atoms with Crippen LogP contribution in [0.3, 0.4) is 0 Å². The normalized spacial score (nSPS) is 16.3. The lowest BCUT2D eigenvalue weighted by atomic mass is 10.1. The van der Waals surface area contributed by atoms with Gasteiger partial charge in [-0.1, -0.05) is 0 Å². The van der Waals surface area contributed by atoms with Gasteiger partial charge in [-0.05, 0) is 24.6 Å². The van der Waals surface area contributed by atoms with Gasteiger partial charge in [0, 0.05) is 18.8 Å². The Morgan fingerprint density at radius 2 is 2.10 bits per heavy atom. The summed E-state index contributed by atoms with van der Waals surface area (Å²) >= 11 is 0. The predicted molar refractivity (Wildman–Crippen MR) is 66.0 cm³/mol. The van der Waals surface area contributed by atoms with Crippen LogP contribution < -0.4 is 10.2 Å². The van der Waals surface area contributed by atoms with Crippen LogP contribution in [0.15, 0.2) is 18.2 Å². The Morgan fingerprint density at radius 1 is 1.35 bits per heavy atom. The number of amides is 1. The third kappa shape index (κ3) is 3.02. The summed E-state index contributed by atoms with van der Waals surface area (Å²) in [6.45, 7) is 1.17. The Bertz CT molecular complexity index is 563. The largest absolute Gasteiger partial charge is 0.417 e. The van der Waals surface area contributed by atoms with Crippen LogP contribution in [-0.4, -0.2) is 25.5 Å². The van der Waals surface area contributed by atoms with Gasteiger partial charge in [-0.15, -0.1) is 0 Å². The molecule has 1 aromatic rings. The van der Waals surface area contributed by atoms with Gasteiger partial charge in [0.25, 0.3) is 0 Å². The predicted octanol–water partition coefficient (Wildman–Crippen LogP) is 1.90. The van der Waals surface area contributed by atoms with E-state index < -0.39 is 17.3 Å². The van der Waals surface area contributed by atoms with Gasteiger partial charge in [0.05, 0.1) is 23.7 Å². The van der Waals surface area contributed by atoms with Gasteiger partial charge in [0.2, 0.25) is 5.91 Å². The van der Waals surface area contributed by atoms with Crippen molar-refractivity contribution in [2.45, 2.75) is 12.6 Å². The first-order chi connectivity index (χ1) is 9.41. The van der Waals surface area contributed by atoms with Crippen molar-refractivity contribution in [3.05, 3.63) is 29.3 Å². The molecular formula is C13H12F3N3O. The minimum absolute atomic E-state index is 0.0796. The molecule has 1 saturated heterocycles. The quantitative estimate of drug-likeness (QED) is 0.856. The molecule has 0 unspecified atom stereocenters. The van der Waals surface area contributed by atoms with Gasteiger partial charge in [0.15, 0.2) is 0 Å². The number of carbonyl (C=O) groups is 1. The summed E-state index contributed by atoms with van der Waals surface area (Å²) in [6.07, 6.45) is -3.85. The lowest BCUT2D eigenvalue weighted by Crippen LogP contribution is -2.33. The van der Waals surface area contributed by atoms with Crippen molar-refractivity contribution in [2.75, 3.05) is 24.5 Å². The molecule has 1 aromatic carbocycles. The molecule has 7 heteroatoms. The third-order valence-corrected chi connectivity index (χ3v) is 3.06. The van der Waals surface area contributed by atoms with Crippen LogP contribution in [-0.2, 0) is 11.0 Å². The molecule has 1 aliphatic rings. The summed E-state index contributed by atoms with van der Waals surface area (Å²) in [6, 6.07) is 4.92. The molecule has 1 aliphatic heterocycles. The van der Waals surface area contributed by atoms with E-state index in [1.165, 1.54) is 12.1 Å². The molecule has 0 spiro atoms. The zero-order chi connectivity index (χ0) is 14.8. The molecule has 2 rings (SSSR count). The number of halogens is 3. The first kappa shape index (κ1) is 14.2. The maximum atomic E-state index is 12.7. The highest BCUT2D eigenvalue weighted by molar-refractivity contribution is 5.81. The van der Waals surface area contributed by atoms with E-state index in [0.29, 0.717) is 25.2 Å². The van der Waals surface area contributed by atoms with Gasteiger partial charge >= 0.3 is 6.18 Å². The summed E-state index contributed by atoms with van der Waals surface area (Å²) in [5.74, 6) is -0.180. The van der Waals surface area contributed by atoms with Gasteiger partial charge in [-0.25, -0.2) is 0 Å². The summed E-state index contributed by atoms with van der Waals surface area (Å²) in [4.78, 5) is 13.1. The summed E-state index contributed by atoms with van der Waals surface area (Å²) in [5, 5.41) is 11.5. The Morgan fingerprint density at radius 3 is 2.75 bits per heavy atom. The molecule has 20 heavy (non-hydrogen) atoms. The number of nitriles is 1. The molecule has 0 atom stereocenters. The fourth-order valence-corrected chi connectivity index (χ4v) is 2.10. The first-order valence-corrected chi connectivity index (χ1v) is 6.05. The van der Waals surface area contributed by atoms with E-state index in [1.54, 1.807) is 11.0 Å². The number of rotatable bonds is 1. The van der Waals surface area contributed by atoms with Crippen LogP contribution in [0.1, 0.15) is 17.5 Å². The average Bonchev–Trinajstić information content (AvgIpc) is 2.61. The smallest absolute Gasteiger partial charge is 0.362 e. The van der Waals surface area contributed by atoms with Crippen molar-refractivity contribution >= 4 is 11.6 Å². The van der Waals surface area contributed by atoms with Crippen LogP contribution >= 0.6 is 0 Å². The standard InChI is InChI=1S/C13H12F3N3O/c14-13(15,16)11-3-2-10(6-9(11)7-17)19-5-1-4-18-12(20)8-19/h2-3,6H,1,4-5,8H2,(H,18,20). The van der Waals surface area contributed by atoms with Crippen molar-refractivity contribution in [1.29, 1.82) is 5.26 Å².